The third kappa shape index (κ3) is 4.61. The van der Waals surface area contributed by atoms with Crippen molar-refractivity contribution in [2.75, 3.05) is 25.6 Å². The lowest BCUT2D eigenvalue weighted by molar-refractivity contribution is -0.120. The van der Waals surface area contributed by atoms with Gasteiger partial charge in [-0.2, -0.15) is 0 Å². The molecule has 0 fully saturated rings. The number of carbonyl (C=O) groups excluding carboxylic acids is 1. The van der Waals surface area contributed by atoms with Gasteiger partial charge in [0.15, 0.2) is 5.78 Å². The molecule has 88 valence electrons. The molecule has 0 atom stereocenters. The molecule has 1 aromatic rings. The van der Waals surface area contributed by atoms with Crippen molar-refractivity contribution in [3.8, 4) is 0 Å². The predicted octanol–water partition coefficient (Wildman–Crippen LogP) is 3.13. The van der Waals surface area contributed by atoms with Crippen LogP contribution in [-0.2, 0) is 9.53 Å². The molecule has 16 heavy (non-hydrogen) atoms. The summed E-state index contributed by atoms with van der Waals surface area (Å²) >= 11 is 6.81. The van der Waals surface area contributed by atoms with Crippen molar-refractivity contribution in [1.29, 1.82) is 0 Å². The van der Waals surface area contributed by atoms with Crippen LogP contribution in [0.1, 0.15) is 0 Å². The van der Waals surface area contributed by atoms with Crippen molar-refractivity contribution in [3.05, 3.63) is 22.8 Å². The molecule has 3 nitrogen and oxygen atoms in total. The Hall–Kier alpha value is 0.840. The molecule has 0 unspecified atom stereocenters. The zero-order valence-corrected chi connectivity index (χ0v) is 15.0. The molecule has 0 saturated heterocycles. The van der Waals surface area contributed by atoms with Crippen LogP contribution in [0.5, 0.6) is 0 Å². The maximum atomic E-state index is 11.3. The average Bonchev–Trinajstić information content (AvgIpc) is 2.16. The summed E-state index contributed by atoms with van der Waals surface area (Å²) in [5.41, 5.74) is 1.02. The number of anilines is 1. The van der Waals surface area contributed by atoms with E-state index < -0.39 is 0 Å². The number of methoxy groups -OCH3 is 1. The van der Waals surface area contributed by atoms with E-state index in [1.54, 1.807) is 0 Å². The Balaban J connectivity index is 2.70. The van der Waals surface area contributed by atoms with Crippen LogP contribution in [0.15, 0.2) is 12.1 Å². The van der Waals surface area contributed by atoms with E-state index in [-0.39, 0.29) is 12.4 Å². The molecule has 0 aromatic heterocycles. The quantitative estimate of drug-likeness (QED) is 0.567. The maximum absolute atomic E-state index is 11.3. The van der Waals surface area contributed by atoms with Crippen molar-refractivity contribution < 1.29 is 9.53 Å². The van der Waals surface area contributed by atoms with Gasteiger partial charge in [0, 0.05) is 17.8 Å². The first-order valence-corrected chi connectivity index (χ1v) is 7.67. The molecule has 0 bridgehead atoms. The highest BCUT2D eigenvalue weighted by Gasteiger charge is 2.08. The summed E-state index contributed by atoms with van der Waals surface area (Å²) in [5.74, 6) is 0.0488. The summed E-state index contributed by atoms with van der Waals surface area (Å²) < 4.78 is 8.22. The van der Waals surface area contributed by atoms with Crippen molar-refractivity contribution in [2.45, 2.75) is 0 Å². The van der Waals surface area contributed by atoms with E-state index in [0.29, 0.717) is 6.54 Å². The van der Waals surface area contributed by atoms with Crippen molar-refractivity contribution in [2.24, 2.45) is 0 Å². The van der Waals surface area contributed by atoms with Crippen molar-refractivity contribution in [3.63, 3.8) is 0 Å². The van der Waals surface area contributed by atoms with Gasteiger partial charge in [-0.15, -0.1) is 0 Å². The highest BCUT2D eigenvalue weighted by molar-refractivity contribution is 14.1. The molecule has 0 aliphatic carbocycles. The van der Waals surface area contributed by atoms with Crippen molar-refractivity contribution >= 4 is 79.2 Å². The smallest absolute Gasteiger partial charge is 0.177 e. The number of Topliss-reactive ketones (excluding diaryl/α,β-unsaturated/α-hetero) is 1. The summed E-state index contributed by atoms with van der Waals surface area (Å²) in [7, 11) is 1.52. The lowest BCUT2D eigenvalue weighted by Crippen LogP contribution is -2.19. The van der Waals surface area contributed by atoms with Gasteiger partial charge in [0.1, 0.15) is 6.61 Å². The lowest BCUT2D eigenvalue weighted by atomic mass is 10.3. The molecular weight excluding hydrogens is 547 g/mol. The van der Waals surface area contributed by atoms with Crippen LogP contribution in [0.25, 0.3) is 0 Å². The van der Waals surface area contributed by atoms with E-state index in [9.17, 15) is 4.79 Å². The molecule has 0 amide bonds. The van der Waals surface area contributed by atoms with Crippen LogP contribution in [0.2, 0.25) is 0 Å². The fraction of sp³-hybridized carbons (Fsp3) is 0.300. The first kappa shape index (κ1) is 14.9. The molecule has 0 spiro atoms. The van der Waals surface area contributed by atoms with Gasteiger partial charge in [0.25, 0.3) is 0 Å². The Morgan fingerprint density at radius 1 is 1.31 bits per heavy atom. The number of carbonyl (C=O) groups is 1. The number of hydrogen-bond donors (Lipinski definition) is 1. The highest BCUT2D eigenvalue weighted by atomic mass is 127. The minimum atomic E-state index is 0.0488. The van der Waals surface area contributed by atoms with Crippen molar-refractivity contribution in [1.82, 2.24) is 0 Å². The van der Waals surface area contributed by atoms with Gasteiger partial charge >= 0.3 is 0 Å². The summed E-state index contributed by atoms with van der Waals surface area (Å²) in [5, 5.41) is 3.15. The van der Waals surface area contributed by atoms with Gasteiger partial charge in [0.05, 0.1) is 12.2 Å². The topological polar surface area (TPSA) is 38.3 Å². The van der Waals surface area contributed by atoms with Crippen LogP contribution < -0.4 is 5.32 Å². The molecule has 0 saturated carbocycles. The molecule has 1 aromatic carbocycles. The van der Waals surface area contributed by atoms with E-state index in [1.165, 1.54) is 10.7 Å². The SMILES string of the molecule is COCC(=O)CNc1c(I)cc(I)cc1I. The Kier molecular flexibility index (Phi) is 6.81. The normalized spacial score (nSPS) is 10.2. The first-order chi connectivity index (χ1) is 7.54. The molecule has 1 N–H and O–H groups in total. The summed E-state index contributed by atoms with van der Waals surface area (Å²) in [4.78, 5) is 11.3. The first-order valence-electron chi connectivity index (χ1n) is 4.43. The highest BCUT2D eigenvalue weighted by Crippen LogP contribution is 2.27. The fourth-order valence-corrected chi connectivity index (χ4v) is 5.07. The fourth-order valence-electron chi connectivity index (χ4n) is 1.11. The zero-order valence-electron chi connectivity index (χ0n) is 8.52. The largest absolute Gasteiger partial charge is 0.377 e. The van der Waals surface area contributed by atoms with E-state index in [0.717, 1.165) is 12.8 Å². The number of benzene rings is 1. The van der Waals surface area contributed by atoms with Crippen LogP contribution in [-0.4, -0.2) is 26.0 Å². The van der Waals surface area contributed by atoms with Gasteiger partial charge in [-0.05, 0) is 79.9 Å². The third-order valence-corrected chi connectivity index (χ3v) is 4.10. The maximum Gasteiger partial charge on any atom is 0.177 e. The molecule has 0 aliphatic rings. The average molecular weight is 557 g/mol. The number of rotatable bonds is 5. The number of nitrogens with one attached hydrogen (secondary N) is 1. The predicted molar refractivity (Wildman–Crippen MR) is 90.0 cm³/mol. The summed E-state index contributed by atoms with van der Waals surface area (Å²) in [6, 6.07) is 4.15. The van der Waals surface area contributed by atoms with Gasteiger partial charge in [-0.3, -0.25) is 4.79 Å². The second-order valence-corrected chi connectivity index (χ2v) is 6.64. The molecule has 0 heterocycles. The lowest BCUT2D eigenvalue weighted by Gasteiger charge is -2.10. The van der Waals surface area contributed by atoms with E-state index in [1.807, 2.05) is 0 Å². The Morgan fingerprint density at radius 2 is 1.88 bits per heavy atom. The molecule has 0 aliphatic heterocycles. The number of ketones is 1. The summed E-state index contributed by atoms with van der Waals surface area (Å²) in [6.45, 7) is 0.463. The van der Waals surface area contributed by atoms with Gasteiger partial charge in [-0.25, -0.2) is 0 Å². The minimum absolute atomic E-state index is 0.0488. The third-order valence-electron chi connectivity index (χ3n) is 1.77. The van der Waals surface area contributed by atoms with E-state index in [2.05, 4.69) is 85.2 Å². The number of ether oxygens (including phenoxy) is 1. The Bertz CT molecular complexity index is 373. The zero-order chi connectivity index (χ0) is 12.1. The van der Waals surface area contributed by atoms with Crippen LogP contribution >= 0.6 is 67.8 Å². The number of hydrogen-bond acceptors (Lipinski definition) is 3. The van der Waals surface area contributed by atoms with Crippen LogP contribution in [0, 0.1) is 10.7 Å². The van der Waals surface area contributed by atoms with Gasteiger partial charge in [0.2, 0.25) is 0 Å². The van der Waals surface area contributed by atoms with Gasteiger partial charge in [-0.1, -0.05) is 0 Å². The van der Waals surface area contributed by atoms with Crippen LogP contribution in [0.4, 0.5) is 5.69 Å². The molecule has 0 radical (unpaired) electrons. The second kappa shape index (κ2) is 7.31. The Morgan fingerprint density at radius 3 is 2.38 bits per heavy atom. The van der Waals surface area contributed by atoms with Crippen LogP contribution in [0.3, 0.4) is 0 Å². The van der Waals surface area contributed by atoms with E-state index in [4.69, 9.17) is 4.74 Å². The molecule has 6 heteroatoms. The monoisotopic (exact) mass is 557 g/mol. The second-order valence-electron chi connectivity index (χ2n) is 3.07. The standard InChI is InChI=1S/C10H10I3NO2/c1-16-5-7(15)4-14-10-8(12)2-6(11)3-9(10)13/h2-3,14H,4-5H2,1H3. The van der Waals surface area contributed by atoms with Gasteiger partial charge < -0.3 is 10.1 Å². The molecule has 1 rings (SSSR count). The van der Waals surface area contributed by atoms with E-state index >= 15 is 0 Å². The molecular formula is C10H10I3NO2. The number of halogens is 3. The Labute approximate surface area is 136 Å². The summed E-state index contributed by atoms with van der Waals surface area (Å²) in [6.07, 6.45) is 0. The minimum Gasteiger partial charge on any atom is -0.377 e.